The van der Waals surface area contributed by atoms with Crippen LogP contribution in [0.15, 0.2) is 41.0 Å². The first-order chi connectivity index (χ1) is 12.4. The third kappa shape index (κ3) is 5.20. The molecule has 0 aliphatic heterocycles. The summed E-state index contributed by atoms with van der Waals surface area (Å²) < 4.78 is 5.06. The highest BCUT2D eigenvalue weighted by molar-refractivity contribution is 6.03. The van der Waals surface area contributed by atoms with Gasteiger partial charge in [-0.2, -0.15) is 0 Å². The van der Waals surface area contributed by atoms with Gasteiger partial charge in [0.15, 0.2) is 5.76 Å². The maximum absolute atomic E-state index is 12.2. The number of aryl methyl sites for hydroxylation is 1. The molecule has 0 spiro atoms. The van der Waals surface area contributed by atoms with Crippen molar-refractivity contribution >= 4 is 23.4 Å². The number of carbonyl (C=O) groups is 3. The molecule has 0 fully saturated rings. The minimum absolute atomic E-state index is 0.0579. The lowest BCUT2D eigenvalue weighted by atomic mass is 10.1. The standard InChI is InChI=1S/C19H23N3O4/c1-12(2)17(23)20-8-9-21-18(24)14-7-6-13(3)15(11-14)22-19(25)16-5-4-10-26-16/h4-7,10-12H,8-9H2,1-3H3,(H,20,23)(H,21,24)(H,22,25). The number of hydrogen-bond donors (Lipinski definition) is 3. The van der Waals surface area contributed by atoms with Gasteiger partial charge in [0.25, 0.3) is 11.8 Å². The molecule has 1 heterocycles. The van der Waals surface area contributed by atoms with Crippen LogP contribution in [-0.4, -0.2) is 30.8 Å². The van der Waals surface area contributed by atoms with Crippen molar-refractivity contribution in [2.45, 2.75) is 20.8 Å². The summed E-state index contributed by atoms with van der Waals surface area (Å²) in [7, 11) is 0. The molecule has 3 N–H and O–H groups in total. The van der Waals surface area contributed by atoms with Gasteiger partial charge in [-0.05, 0) is 36.8 Å². The number of hydrogen-bond acceptors (Lipinski definition) is 4. The van der Waals surface area contributed by atoms with Crippen molar-refractivity contribution in [3.8, 4) is 0 Å². The molecule has 1 aromatic heterocycles. The van der Waals surface area contributed by atoms with Crippen molar-refractivity contribution in [1.29, 1.82) is 0 Å². The molecule has 7 heteroatoms. The molecule has 0 saturated heterocycles. The minimum Gasteiger partial charge on any atom is -0.459 e. The molecule has 7 nitrogen and oxygen atoms in total. The lowest BCUT2D eigenvalue weighted by molar-refractivity contribution is -0.123. The zero-order valence-corrected chi connectivity index (χ0v) is 15.1. The van der Waals surface area contributed by atoms with Crippen LogP contribution in [0, 0.1) is 12.8 Å². The summed E-state index contributed by atoms with van der Waals surface area (Å²) in [5.41, 5.74) is 1.78. The minimum atomic E-state index is -0.382. The molecule has 1 aromatic carbocycles. The highest BCUT2D eigenvalue weighted by Gasteiger charge is 2.13. The molecule has 0 bridgehead atoms. The van der Waals surface area contributed by atoms with E-state index in [-0.39, 0.29) is 29.4 Å². The van der Waals surface area contributed by atoms with Crippen LogP contribution in [0.5, 0.6) is 0 Å². The number of furan rings is 1. The summed E-state index contributed by atoms with van der Waals surface area (Å²) in [6, 6.07) is 8.24. The van der Waals surface area contributed by atoms with Gasteiger partial charge < -0.3 is 20.4 Å². The van der Waals surface area contributed by atoms with E-state index in [0.717, 1.165) is 5.56 Å². The number of benzene rings is 1. The Morgan fingerprint density at radius 1 is 1.04 bits per heavy atom. The average molecular weight is 357 g/mol. The molecule has 138 valence electrons. The Morgan fingerprint density at radius 3 is 2.42 bits per heavy atom. The first kappa shape index (κ1) is 19.2. The van der Waals surface area contributed by atoms with Crippen LogP contribution in [0.1, 0.15) is 40.3 Å². The van der Waals surface area contributed by atoms with Gasteiger partial charge in [0.05, 0.1) is 6.26 Å². The van der Waals surface area contributed by atoms with E-state index in [9.17, 15) is 14.4 Å². The highest BCUT2D eigenvalue weighted by Crippen LogP contribution is 2.18. The van der Waals surface area contributed by atoms with E-state index in [1.54, 1.807) is 44.2 Å². The monoisotopic (exact) mass is 357 g/mol. The van der Waals surface area contributed by atoms with Crippen molar-refractivity contribution in [2.24, 2.45) is 5.92 Å². The summed E-state index contributed by atoms with van der Waals surface area (Å²) >= 11 is 0. The first-order valence-corrected chi connectivity index (χ1v) is 8.40. The quantitative estimate of drug-likeness (QED) is 0.662. The van der Waals surface area contributed by atoms with Crippen molar-refractivity contribution < 1.29 is 18.8 Å². The predicted octanol–water partition coefficient (Wildman–Crippen LogP) is 2.34. The summed E-state index contributed by atoms with van der Waals surface area (Å²) in [5, 5.41) is 8.20. The molecule has 0 unspecified atom stereocenters. The van der Waals surface area contributed by atoms with Gasteiger partial charge in [-0.3, -0.25) is 14.4 Å². The summed E-state index contributed by atoms with van der Waals surface area (Å²) in [6.45, 7) is 6.12. The largest absolute Gasteiger partial charge is 0.459 e. The van der Waals surface area contributed by atoms with Crippen LogP contribution < -0.4 is 16.0 Å². The third-order valence-corrected chi connectivity index (χ3v) is 3.73. The number of anilines is 1. The number of nitrogens with one attached hydrogen (secondary N) is 3. The molecule has 0 radical (unpaired) electrons. The van der Waals surface area contributed by atoms with E-state index in [1.165, 1.54) is 6.26 Å². The highest BCUT2D eigenvalue weighted by atomic mass is 16.3. The van der Waals surface area contributed by atoms with E-state index < -0.39 is 0 Å². The van der Waals surface area contributed by atoms with Crippen molar-refractivity contribution in [3.63, 3.8) is 0 Å². The summed E-state index contributed by atoms with van der Waals surface area (Å²) in [6.07, 6.45) is 1.42. The predicted molar refractivity (Wildman–Crippen MR) is 98.0 cm³/mol. The van der Waals surface area contributed by atoms with Crippen LogP contribution in [0.4, 0.5) is 5.69 Å². The molecule has 0 aliphatic carbocycles. The molecule has 3 amide bonds. The fourth-order valence-corrected chi connectivity index (χ4v) is 2.16. The van der Waals surface area contributed by atoms with Crippen molar-refractivity contribution in [1.82, 2.24) is 10.6 Å². The zero-order chi connectivity index (χ0) is 19.1. The van der Waals surface area contributed by atoms with E-state index >= 15 is 0 Å². The average Bonchev–Trinajstić information content (AvgIpc) is 3.14. The van der Waals surface area contributed by atoms with Gasteiger partial charge in [0, 0.05) is 30.3 Å². The molecular weight excluding hydrogens is 334 g/mol. The Hall–Kier alpha value is -3.09. The van der Waals surface area contributed by atoms with Crippen LogP contribution >= 0.6 is 0 Å². The SMILES string of the molecule is Cc1ccc(C(=O)NCCNC(=O)C(C)C)cc1NC(=O)c1ccco1. The lowest BCUT2D eigenvalue weighted by Gasteiger charge is -2.11. The summed E-state index contributed by atoms with van der Waals surface area (Å²) in [5.74, 6) is -0.620. The van der Waals surface area contributed by atoms with E-state index in [1.807, 2.05) is 6.92 Å². The van der Waals surface area contributed by atoms with Crippen LogP contribution in [0.2, 0.25) is 0 Å². The fraction of sp³-hybridized carbons (Fsp3) is 0.316. The Kier molecular flexibility index (Phi) is 6.54. The van der Waals surface area contributed by atoms with Gasteiger partial charge in [0.2, 0.25) is 5.91 Å². The second-order valence-corrected chi connectivity index (χ2v) is 6.16. The summed E-state index contributed by atoms with van der Waals surface area (Å²) in [4.78, 5) is 35.8. The van der Waals surface area contributed by atoms with Crippen LogP contribution in [0.3, 0.4) is 0 Å². The smallest absolute Gasteiger partial charge is 0.291 e. The fourth-order valence-electron chi connectivity index (χ4n) is 2.16. The maximum Gasteiger partial charge on any atom is 0.291 e. The third-order valence-electron chi connectivity index (χ3n) is 3.73. The van der Waals surface area contributed by atoms with Crippen LogP contribution in [-0.2, 0) is 4.79 Å². The molecule has 0 saturated carbocycles. The Bertz CT molecular complexity index is 782. The molecule has 2 aromatic rings. The number of carbonyl (C=O) groups excluding carboxylic acids is 3. The molecule has 26 heavy (non-hydrogen) atoms. The number of rotatable bonds is 7. The van der Waals surface area contributed by atoms with E-state index in [0.29, 0.717) is 24.3 Å². The van der Waals surface area contributed by atoms with Crippen molar-refractivity contribution in [3.05, 3.63) is 53.5 Å². The molecule has 2 rings (SSSR count). The maximum atomic E-state index is 12.2. The molecule has 0 atom stereocenters. The van der Waals surface area contributed by atoms with Gasteiger partial charge in [-0.1, -0.05) is 19.9 Å². The van der Waals surface area contributed by atoms with E-state index in [2.05, 4.69) is 16.0 Å². The Morgan fingerprint density at radius 2 is 1.77 bits per heavy atom. The topological polar surface area (TPSA) is 100 Å². The zero-order valence-electron chi connectivity index (χ0n) is 15.1. The second-order valence-electron chi connectivity index (χ2n) is 6.16. The van der Waals surface area contributed by atoms with Crippen molar-refractivity contribution in [2.75, 3.05) is 18.4 Å². The lowest BCUT2D eigenvalue weighted by Crippen LogP contribution is -2.36. The van der Waals surface area contributed by atoms with Gasteiger partial charge in [0.1, 0.15) is 0 Å². The molecule has 0 aliphatic rings. The Balaban J connectivity index is 1.94. The van der Waals surface area contributed by atoms with Gasteiger partial charge in [-0.25, -0.2) is 0 Å². The normalized spacial score (nSPS) is 10.5. The van der Waals surface area contributed by atoms with Gasteiger partial charge >= 0.3 is 0 Å². The van der Waals surface area contributed by atoms with E-state index in [4.69, 9.17) is 4.42 Å². The second kappa shape index (κ2) is 8.84. The number of amides is 3. The van der Waals surface area contributed by atoms with Gasteiger partial charge in [-0.15, -0.1) is 0 Å². The van der Waals surface area contributed by atoms with Crippen LogP contribution in [0.25, 0.3) is 0 Å². The molecular formula is C19H23N3O4. The first-order valence-electron chi connectivity index (χ1n) is 8.40. The Labute approximate surface area is 152 Å².